The highest BCUT2D eigenvalue weighted by Crippen LogP contribution is 2.03. The molecule has 3 heteroatoms. The van der Waals surface area contributed by atoms with Gasteiger partial charge in [0.1, 0.15) is 0 Å². The van der Waals surface area contributed by atoms with E-state index < -0.39 is 0 Å². The maximum atomic E-state index is 11.0. The monoisotopic (exact) mass is 173 g/mol. The summed E-state index contributed by atoms with van der Waals surface area (Å²) in [6.45, 7) is 4.55. The summed E-state index contributed by atoms with van der Waals surface area (Å²) in [5.41, 5.74) is 5.26. The van der Waals surface area contributed by atoms with Gasteiger partial charge >= 0.3 is 5.97 Å². The van der Waals surface area contributed by atoms with Crippen LogP contribution in [0.1, 0.15) is 39.5 Å². The van der Waals surface area contributed by atoms with Crippen molar-refractivity contribution in [3.63, 3.8) is 0 Å². The summed E-state index contributed by atoms with van der Waals surface area (Å²) in [5, 5.41) is 0. The van der Waals surface area contributed by atoms with Crippen LogP contribution in [0.15, 0.2) is 0 Å². The predicted molar refractivity (Wildman–Crippen MR) is 48.8 cm³/mol. The first-order valence-electron chi connectivity index (χ1n) is 4.60. The second-order valence-corrected chi connectivity index (χ2v) is 2.98. The molecule has 12 heavy (non-hydrogen) atoms. The first-order valence-corrected chi connectivity index (χ1v) is 4.60. The molecule has 0 aliphatic heterocycles. The van der Waals surface area contributed by atoms with Crippen LogP contribution in [-0.4, -0.2) is 18.6 Å². The van der Waals surface area contributed by atoms with Crippen LogP contribution < -0.4 is 5.73 Å². The minimum absolute atomic E-state index is 0.0558. The topological polar surface area (TPSA) is 52.3 Å². The van der Waals surface area contributed by atoms with E-state index in [4.69, 9.17) is 10.5 Å². The van der Waals surface area contributed by atoms with Crippen molar-refractivity contribution in [3.05, 3.63) is 0 Å². The zero-order valence-electron chi connectivity index (χ0n) is 8.01. The molecule has 0 aliphatic rings. The third-order valence-corrected chi connectivity index (χ3v) is 1.61. The summed E-state index contributed by atoms with van der Waals surface area (Å²) in [5.74, 6) is -0.124. The van der Waals surface area contributed by atoms with Crippen LogP contribution in [0.2, 0.25) is 0 Å². The van der Waals surface area contributed by atoms with Gasteiger partial charge in [0.25, 0.3) is 0 Å². The van der Waals surface area contributed by atoms with Crippen molar-refractivity contribution < 1.29 is 9.53 Å². The molecule has 2 N–H and O–H groups in total. The molecule has 0 heterocycles. The Bertz CT molecular complexity index is 126. The number of nitrogens with two attached hydrogens (primary N) is 1. The molecule has 0 saturated heterocycles. The molecule has 0 bridgehead atoms. The zero-order chi connectivity index (χ0) is 9.40. The summed E-state index contributed by atoms with van der Waals surface area (Å²) < 4.78 is 5.10. The second-order valence-electron chi connectivity index (χ2n) is 2.98. The van der Waals surface area contributed by atoms with Gasteiger partial charge in [0.05, 0.1) is 6.10 Å². The number of hydrogen-bond donors (Lipinski definition) is 1. The lowest BCUT2D eigenvalue weighted by Gasteiger charge is -2.11. The second kappa shape index (κ2) is 7.10. The Balaban J connectivity index is 3.40. The third-order valence-electron chi connectivity index (χ3n) is 1.61. The summed E-state index contributed by atoms with van der Waals surface area (Å²) in [6.07, 6.45) is 3.21. The molecular formula is C9H19NO2. The minimum Gasteiger partial charge on any atom is -0.463 e. The summed E-state index contributed by atoms with van der Waals surface area (Å²) in [7, 11) is 0. The summed E-state index contributed by atoms with van der Waals surface area (Å²) in [4.78, 5) is 11.0. The van der Waals surface area contributed by atoms with Crippen molar-refractivity contribution in [1.82, 2.24) is 0 Å². The molecule has 1 unspecified atom stereocenters. The summed E-state index contributed by atoms with van der Waals surface area (Å²) in [6, 6.07) is 0. The van der Waals surface area contributed by atoms with Gasteiger partial charge < -0.3 is 10.5 Å². The number of ether oxygens (including phenoxy) is 1. The molecule has 72 valence electrons. The Hall–Kier alpha value is -0.570. The highest BCUT2D eigenvalue weighted by Gasteiger charge is 2.06. The van der Waals surface area contributed by atoms with Gasteiger partial charge in [-0.15, -0.1) is 0 Å². The number of esters is 1. The van der Waals surface area contributed by atoms with Gasteiger partial charge in [-0.25, -0.2) is 0 Å². The Kier molecular flexibility index (Phi) is 6.76. The lowest BCUT2D eigenvalue weighted by atomic mass is 10.2. The fourth-order valence-corrected chi connectivity index (χ4v) is 0.995. The maximum absolute atomic E-state index is 11.0. The van der Waals surface area contributed by atoms with E-state index in [1.54, 1.807) is 0 Å². The van der Waals surface area contributed by atoms with Crippen molar-refractivity contribution in [2.24, 2.45) is 5.73 Å². The van der Waals surface area contributed by atoms with Crippen molar-refractivity contribution in [3.8, 4) is 0 Å². The SMILES string of the molecule is CCCC(C)OC(=O)CCCN. The molecule has 0 rings (SSSR count). The highest BCUT2D eigenvalue weighted by atomic mass is 16.5. The quantitative estimate of drug-likeness (QED) is 0.619. The van der Waals surface area contributed by atoms with Gasteiger partial charge in [-0.2, -0.15) is 0 Å². The lowest BCUT2D eigenvalue weighted by molar-refractivity contribution is -0.148. The first kappa shape index (κ1) is 11.4. The zero-order valence-corrected chi connectivity index (χ0v) is 8.01. The van der Waals surface area contributed by atoms with Crippen LogP contribution in [0, 0.1) is 0 Å². The minimum atomic E-state index is -0.124. The van der Waals surface area contributed by atoms with E-state index in [2.05, 4.69) is 6.92 Å². The molecular weight excluding hydrogens is 154 g/mol. The van der Waals surface area contributed by atoms with Crippen molar-refractivity contribution >= 4 is 5.97 Å². The van der Waals surface area contributed by atoms with Gasteiger partial charge in [-0.05, 0) is 26.3 Å². The Labute approximate surface area is 74.3 Å². The van der Waals surface area contributed by atoms with Crippen molar-refractivity contribution in [2.45, 2.75) is 45.6 Å². The smallest absolute Gasteiger partial charge is 0.306 e. The average Bonchev–Trinajstić information content (AvgIpc) is 2.01. The summed E-state index contributed by atoms with van der Waals surface area (Å²) >= 11 is 0. The number of carbonyl (C=O) groups is 1. The average molecular weight is 173 g/mol. The van der Waals surface area contributed by atoms with E-state index in [0.29, 0.717) is 13.0 Å². The molecule has 0 aromatic rings. The third kappa shape index (κ3) is 6.16. The van der Waals surface area contributed by atoms with Gasteiger partial charge in [0.2, 0.25) is 0 Å². The Morgan fingerprint density at radius 2 is 2.25 bits per heavy atom. The van der Waals surface area contributed by atoms with Crippen LogP contribution >= 0.6 is 0 Å². The van der Waals surface area contributed by atoms with E-state index in [9.17, 15) is 4.79 Å². The van der Waals surface area contributed by atoms with Gasteiger partial charge in [-0.1, -0.05) is 13.3 Å². The van der Waals surface area contributed by atoms with Crippen LogP contribution in [0.5, 0.6) is 0 Å². The Morgan fingerprint density at radius 1 is 1.58 bits per heavy atom. The number of hydrogen-bond acceptors (Lipinski definition) is 3. The Morgan fingerprint density at radius 3 is 2.75 bits per heavy atom. The normalized spacial score (nSPS) is 12.6. The number of carbonyl (C=O) groups excluding carboxylic acids is 1. The van der Waals surface area contributed by atoms with E-state index in [0.717, 1.165) is 19.3 Å². The van der Waals surface area contributed by atoms with E-state index in [1.165, 1.54) is 0 Å². The fourth-order valence-electron chi connectivity index (χ4n) is 0.995. The van der Waals surface area contributed by atoms with Gasteiger partial charge in [0.15, 0.2) is 0 Å². The molecule has 0 saturated carbocycles. The lowest BCUT2D eigenvalue weighted by Crippen LogP contribution is -2.15. The van der Waals surface area contributed by atoms with Crippen LogP contribution in [-0.2, 0) is 9.53 Å². The largest absolute Gasteiger partial charge is 0.463 e. The molecule has 0 radical (unpaired) electrons. The van der Waals surface area contributed by atoms with E-state index in [1.807, 2.05) is 6.92 Å². The van der Waals surface area contributed by atoms with Crippen molar-refractivity contribution in [2.75, 3.05) is 6.54 Å². The number of rotatable bonds is 6. The van der Waals surface area contributed by atoms with Crippen LogP contribution in [0.3, 0.4) is 0 Å². The molecule has 0 aliphatic carbocycles. The van der Waals surface area contributed by atoms with E-state index in [-0.39, 0.29) is 12.1 Å². The standard InChI is InChI=1S/C9H19NO2/c1-3-5-8(2)12-9(11)6-4-7-10/h8H,3-7,10H2,1-2H3. The molecule has 0 fully saturated rings. The van der Waals surface area contributed by atoms with Crippen LogP contribution in [0.25, 0.3) is 0 Å². The highest BCUT2D eigenvalue weighted by molar-refractivity contribution is 5.69. The van der Waals surface area contributed by atoms with Gasteiger partial charge in [-0.3, -0.25) is 4.79 Å². The molecule has 0 amide bonds. The van der Waals surface area contributed by atoms with E-state index >= 15 is 0 Å². The van der Waals surface area contributed by atoms with Crippen LogP contribution in [0.4, 0.5) is 0 Å². The molecule has 0 spiro atoms. The predicted octanol–water partition coefficient (Wildman–Crippen LogP) is 1.46. The molecule has 0 aromatic carbocycles. The molecule has 1 atom stereocenters. The maximum Gasteiger partial charge on any atom is 0.306 e. The molecule has 3 nitrogen and oxygen atoms in total. The fraction of sp³-hybridized carbons (Fsp3) is 0.889. The van der Waals surface area contributed by atoms with Crippen molar-refractivity contribution in [1.29, 1.82) is 0 Å². The molecule has 0 aromatic heterocycles. The first-order chi connectivity index (χ1) is 5.70. The van der Waals surface area contributed by atoms with Gasteiger partial charge in [0, 0.05) is 6.42 Å².